The fourth-order valence-corrected chi connectivity index (χ4v) is 3.11. The van der Waals surface area contributed by atoms with Crippen molar-refractivity contribution in [1.82, 2.24) is 15.2 Å². The number of benzene rings is 1. The number of carbonyl (C=O) groups is 1. The third-order valence-electron chi connectivity index (χ3n) is 4.68. The number of likely N-dealkylation sites (tertiary alicyclic amines) is 1. The van der Waals surface area contributed by atoms with Gasteiger partial charge in [-0.1, -0.05) is 23.8 Å². The predicted molar refractivity (Wildman–Crippen MR) is 95.8 cm³/mol. The summed E-state index contributed by atoms with van der Waals surface area (Å²) in [6.45, 7) is 5.86. The average Bonchev–Trinajstić information content (AvgIpc) is 2.62. The Morgan fingerprint density at radius 3 is 2.58 bits per heavy atom. The maximum atomic E-state index is 12.2. The Bertz CT molecular complexity index is 646. The van der Waals surface area contributed by atoms with E-state index in [2.05, 4.69) is 21.3 Å². The van der Waals surface area contributed by atoms with E-state index in [0.717, 1.165) is 50.3 Å². The number of aromatic nitrogens is 1. The van der Waals surface area contributed by atoms with Crippen LogP contribution in [-0.4, -0.2) is 35.4 Å². The van der Waals surface area contributed by atoms with Gasteiger partial charge in [0, 0.05) is 24.8 Å². The number of pyridine rings is 1. The van der Waals surface area contributed by atoms with Crippen LogP contribution < -0.4 is 5.32 Å². The van der Waals surface area contributed by atoms with Crippen LogP contribution in [0.25, 0.3) is 0 Å². The highest BCUT2D eigenvalue weighted by Gasteiger charge is 2.20. The van der Waals surface area contributed by atoms with Crippen molar-refractivity contribution in [2.45, 2.75) is 26.3 Å². The Morgan fingerprint density at radius 2 is 1.92 bits per heavy atom. The highest BCUT2D eigenvalue weighted by molar-refractivity contribution is 5.94. The Hall–Kier alpha value is -2.20. The van der Waals surface area contributed by atoms with Crippen molar-refractivity contribution >= 4 is 5.91 Å². The summed E-state index contributed by atoms with van der Waals surface area (Å²) in [6.07, 6.45) is 4.10. The monoisotopic (exact) mass is 323 g/mol. The van der Waals surface area contributed by atoms with E-state index in [0.29, 0.717) is 5.92 Å². The lowest BCUT2D eigenvalue weighted by Crippen LogP contribution is -2.38. The molecule has 0 bridgehead atoms. The smallest absolute Gasteiger partial charge is 0.251 e. The first-order chi connectivity index (χ1) is 11.7. The van der Waals surface area contributed by atoms with E-state index < -0.39 is 0 Å². The molecule has 1 aromatic heterocycles. The van der Waals surface area contributed by atoms with Gasteiger partial charge in [-0.2, -0.15) is 0 Å². The van der Waals surface area contributed by atoms with Crippen molar-refractivity contribution in [3.63, 3.8) is 0 Å². The van der Waals surface area contributed by atoms with Crippen LogP contribution >= 0.6 is 0 Å². The molecule has 0 saturated carbocycles. The molecule has 1 amide bonds. The molecule has 0 radical (unpaired) electrons. The number of aryl methyl sites for hydroxylation is 1. The lowest BCUT2D eigenvalue weighted by atomic mass is 9.96. The summed E-state index contributed by atoms with van der Waals surface area (Å²) in [4.78, 5) is 19.0. The number of carbonyl (C=O) groups excluding carboxylic acids is 1. The first-order valence-electron chi connectivity index (χ1n) is 8.68. The first kappa shape index (κ1) is 16.7. The van der Waals surface area contributed by atoms with Crippen LogP contribution in [0.3, 0.4) is 0 Å². The molecule has 3 rings (SSSR count). The molecule has 0 aliphatic carbocycles. The van der Waals surface area contributed by atoms with Gasteiger partial charge in [-0.05, 0) is 63.0 Å². The fraction of sp³-hybridized carbons (Fsp3) is 0.400. The van der Waals surface area contributed by atoms with Crippen molar-refractivity contribution in [2.75, 3.05) is 19.6 Å². The first-order valence-corrected chi connectivity index (χ1v) is 8.68. The van der Waals surface area contributed by atoms with Gasteiger partial charge >= 0.3 is 0 Å². The maximum absolute atomic E-state index is 12.2. The van der Waals surface area contributed by atoms with E-state index in [1.807, 2.05) is 49.5 Å². The summed E-state index contributed by atoms with van der Waals surface area (Å²) in [5.41, 5.74) is 3.05. The van der Waals surface area contributed by atoms with Gasteiger partial charge in [0.05, 0.1) is 5.69 Å². The number of nitrogens with zero attached hydrogens (tertiary/aromatic N) is 2. The van der Waals surface area contributed by atoms with Crippen molar-refractivity contribution in [3.05, 3.63) is 65.5 Å². The number of rotatable bonds is 5. The minimum absolute atomic E-state index is 0.0333. The molecule has 1 aliphatic heterocycles. The van der Waals surface area contributed by atoms with Crippen LogP contribution in [0.1, 0.15) is 34.5 Å². The number of amides is 1. The van der Waals surface area contributed by atoms with Crippen LogP contribution in [0, 0.1) is 12.8 Å². The lowest BCUT2D eigenvalue weighted by Gasteiger charge is -2.31. The highest BCUT2D eigenvalue weighted by atomic mass is 16.1. The zero-order chi connectivity index (χ0) is 16.8. The van der Waals surface area contributed by atoms with Gasteiger partial charge in [-0.15, -0.1) is 0 Å². The molecular weight excluding hydrogens is 298 g/mol. The molecule has 4 nitrogen and oxygen atoms in total. The normalized spacial score (nSPS) is 16.0. The molecule has 126 valence electrons. The summed E-state index contributed by atoms with van der Waals surface area (Å²) in [5, 5.41) is 3.08. The summed E-state index contributed by atoms with van der Waals surface area (Å²) in [7, 11) is 0. The summed E-state index contributed by atoms with van der Waals surface area (Å²) in [5.74, 6) is 0.602. The summed E-state index contributed by atoms with van der Waals surface area (Å²) < 4.78 is 0. The molecule has 2 heterocycles. The van der Waals surface area contributed by atoms with Gasteiger partial charge in [0.2, 0.25) is 0 Å². The second kappa shape index (κ2) is 8.06. The van der Waals surface area contributed by atoms with Gasteiger partial charge < -0.3 is 5.32 Å². The summed E-state index contributed by atoms with van der Waals surface area (Å²) in [6, 6.07) is 13.8. The maximum Gasteiger partial charge on any atom is 0.251 e. The van der Waals surface area contributed by atoms with E-state index in [1.54, 1.807) is 0 Å². The van der Waals surface area contributed by atoms with Crippen LogP contribution in [-0.2, 0) is 6.54 Å². The third-order valence-corrected chi connectivity index (χ3v) is 4.68. The average molecular weight is 323 g/mol. The molecule has 1 aliphatic rings. The molecular formula is C20H25N3O. The van der Waals surface area contributed by atoms with Crippen molar-refractivity contribution in [3.8, 4) is 0 Å². The van der Waals surface area contributed by atoms with Crippen LogP contribution in [0.2, 0.25) is 0 Å². The van der Waals surface area contributed by atoms with Crippen molar-refractivity contribution in [2.24, 2.45) is 5.92 Å². The minimum Gasteiger partial charge on any atom is -0.352 e. The second-order valence-corrected chi connectivity index (χ2v) is 6.62. The van der Waals surface area contributed by atoms with Crippen LogP contribution in [0.5, 0.6) is 0 Å². The zero-order valence-corrected chi connectivity index (χ0v) is 14.2. The number of hydrogen-bond donors (Lipinski definition) is 1. The van der Waals surface area contributed by atoms with E-state index >= 15 is 0 Å². The molecule has 2 aromatic rings. The van der Waals surface area contributed by atoms with E-state index in [-0.39, 0.29) is 5.91 Å². The fourth-order valence-electron chi connectivity index (χ4n) is 3.11. The molecule has 24 heavy (non-hydrogen) atoms. The van der Waals surface area contributed by atoms with Crippen LogP contribution in [0.4, 0.5) is 0 Å². The number of hydrogen-bond acceptors (Lipinski definition) is 3. The Kier molecular flexibility index (Phi) is 5.59. The molecule has 0 atom stereocenters. The molecule has 4 heteroatoms. The summed E-state index contributed by atoms with van der Waals surface area (Å²) >= 11 is 0. The molecule has 1 fully saturated rings. The highest BCUT2D eigenvalue weighted by Crippen LogP contribution is 2.18. The molecule has 1 N–H and O–H groups in total. The standard InChI is InChI=1S/C20H25N3O/c1-16-5-7-18(8-6-16)20(24)22-14-17-9-12-23(13-10-17)15-19-4-2-3-11-21-19/h2-8,11,17H,9-10,12-15H2,1H3,(H,22,24). The van der Waals surface area contributed by atoms with E-state index in [1.165, 1.54) is 5.56 Å². The topological polar surface area (TPSA) is 45.2 Å². The molecule has 0 unspecified atom stereocenters. The van der Waals surface area contributed by atoms with Gasteiger partial charge in [0.15, 0.2) is 0 Å². The van der Waals surface area contributed by atoms with Gasteiger partial charge in [-0.3, -0.25) is 14.7 Å². The number of nitrogens with one attached hydrogen (secondary N) is 1. The quantitative estimate of drug-likeness (QED) is 0.920. The lowest BCUT2D eigenvalue weighted by molar-refractivity contribution is 0.0935. The Morgan fingerprint density at radius 1 is 1.17 bits per heavy atom. The predicted octanol–water partition coefficient (Wildman–Crippen LogP) is 3.03. The molecule has 1 saturated heterocycles. The Labute approximate surface area is 143 Å². The largest absolute Gasteiger partial charge is 0.352 e. The van der Waals surface area contributed by atoms with Gasteiger partial charge in [0.1, 0.15) is 0 Å². The molecule has 1 aromatic carbocycles. The van der Waals surface area contributed by atoms with Gasteiger partial charge in [-0.25, -0.2) is 0 Å². The zero-order valence-electron chi connectivity index (χ0n) is 14.2. The van der Waals surface area contributed by atoms with Gasteiger partial charge in [0.25, 0.3) is 5.91 Å². The third kappa shape index (κ3) is 4.65. The van der Waals surface area contributed by atoms with Crippen molar-refractivity contribution < 1.29 is 4.79 Å². The number of piperidine rings is 1. The molecule has 0 spiro atoms. The Balaban J connectivity index is 1.41. The van der Waals surface area contributed by atoms with E-state index in [4.69, 9.17) is 0 Å². The minimum atomic E-state index is 0.0333. The van der Waals surface area contributed by atoms with Crippen molar-refractivity contribution in [1.29, 1.82) is 0 Å². The van der Waals surface area contributed by atoms with Crippen LogP contribution in [0.15, 0.2) is 48.7 Å². The second-order valence-electron chi connectivity index (χ2n) is 6.62. The van der Waals surface area contributed by atoms with E-state index in [9.17, 15) is 4.79 Å². The SMILES string of the molecule is Cc1ccc(C(=O)NCC2CCN(Cc3ccccn3)CC2)cc1.